The van der Waals surface area contributed by atoms with Crippen LogP contribution in [0.1, 0.15) is 38.5 Å². The maximum absolute atomic E-state index is 11.4. The van der Waals surface area contributed by atoms with Gasteiger partial charge in [-0.1, -0.05) is 0 Å². The van der Waals surface area contributed by atoms with Gasteiger partial charge >= 0.3 is 0 Å². The van der Waals surface area contributed by atoms with Crippen molar-refractivity contribution < 1.29 is 4.79 Å². The van der Waals surface area contributed by atoms with E-state index in [2.05, 4.69) is 0 Å². The third-order valence-corrected chi connectivity index (χ3v) is 4.21. The predicted octanol–water partition coefficient (Wildman–Crippen LogP) is 3.01. The van der Waals surface area contributed by atoms with Crippen LogP contribution in [0.15, 0.2) is 0 Å². The van der Waals surface area contributed by atoms with E-state index in [1.165, 1.54) is 19.3 Å². The summed E-state index contributed by atoms with van der Waals surface area (Å²) in [4.78, 5) is 11.4. The molecule has 2 saturated carbocycles. The van der Waals surface area contributed by atoms with E-state index in [1.54, 1.807) is 0 Å². The molecule has 2 rings (SSSR count). The summed E-state index contributed by atoms with van der Waals surface area (Å²) in [5.41, 5.74) is 0. The molecular formula is C11H17ClO. The van der Waals surface area contributed by atoms with E-state index in [0.29, 0.717) is 17.6 Å². The van der Waals surface area contributed by atoms with E-state index >= 15 is 0 Å². The molecule has 0 aromatic rings. The fourth-order valence-electron chi connectivity index (χ4n) is 3.05. The molecule has 0 spiro atoms. The normalized spacial score (nSPS) is 40.1. The fraction of sp³-hybridized carbons (Fsp3) is 0.909. The first-order valence-corrected chi connectivity index (χ1v) is 5.92. The van der Waals surface area contributed by atoms with Crippen LogP contribution in [0.5, 0.6) is 0 Å². The lowest BCUT2D eigenvalue weighted by atomic mass is 9.86. The first-order chi connectivity index (χ1) is 6.31. The maximum Gasteiger partial charge on any atom is 0.133 e. The fourth-order valence-corrected chi connectivity index (χ4v) is 3.43. The predicted molar refractivity (Wildman–Crippen MR) is 53.9 cm³/mol. The van der Waals surface area contributed by atoms with Crippen molar-refractivity contribution in [3.63, 3.8) is 0 Å². The molecule has 0 heterocycles. The zero-order chi connectivity index (χ0) is 9.26. The van der Waals surface area contributed by atoms with Gasteiger partial charge in [-0.25, -0.2) is 0 Å². The van der Waals surface area contributed by atoms with Gasteiger partial charge in [-0.2, -0.15) is 0 Å². The van der Waals surface area contributed by atoms with Crippen molar-refractivity contribution >= 4 is 17.4 Å². The van der Waals surface area contributed by atoms with Gasteiger partial charge in [-0.15, -0.1) is 11.6 Å². The average Bonchev–Trinajstić information content (AvgIpc) is 2.39. The van der Waals surface area contributed by atoms with Gasteiger partial charge < -0.3 is 0 Å². The number of hydrogen-bond donors (Lipinski definition) is 0. The molecular weight excluding hydrogens is 184 g/mol. The molecule has 0 aromatic carbocycles. The van der Waals surface area contributed by atoms with E-state index in [9.17, 15) is 4.79 Å². The summed E-state index contributed by atoms with van der Waals surface area (Å²) < 4.78 is 0. The second-order valence-corrected chi connectivity index (χ2v) is 4.86. The quantitative estimate of drug-likeness (QED) is 0.595. The largest absolute Gasteiger partial charge is 0.300 e. The highest BCUT2D eigenvalue weighted by molar-refractivity contribution is 6.18. The Morgan fingerprint density at radius 3 is 2.92 bits per heavy atom. The van der Waals surface area contributed by atoms with Crippen LogP contribution in [-0.2, 0) is 4.79 Å². The molecule has 0 aliphatic heterocycles. The second-order valence-electron chi connectivity index (χ2n) is 4.55. The molecule has 0 N–H and O–H groups in total. The lowest BCUT2D eigenvalue weighted by Crippen LogP contribution is -2.17. The number of hydrogen-bond acceptors (Lipinski definition) is 1. The van der Waals surface area contributed by atoms with Gasteiger partial charge in [-0.05, 0) is 43.4 Å². The minimum absolute atomic E-state index is 0.476. The molecule has 2 aliphatic carbocycles. The Balaban J connectivity index is 2.06. The molecule has 3 unspecified atom stereocenters. The van der Waals surface area contributed by atoms with Gasteiger partial charge in [0.05, 0.1) is 0 Å². The van der Waals surface area contributed by atoms with Crippen molar-refractivity contribution in [2.45, 2.75) is 38.5 Å². The van der Waals surface area contributed by atoms with Crippen molar-refractivity contribution in [2.75, 3.05) is 5.88 Å². The second kappa shape index (κ2) is 4.00. The number of rotatable bonds is 1. The molecule has 0 saturated heterocycles. The van der Waals surface area contributed by atoms with Crippen molar-refractivity contribution in [1.29, 1.82) is 0 Å². The standard InChI is InChI=1S/C11H17ClO/c12-7-9-5-4-8-2-1-3-10(13)6-11(8)9/h8-9,11H,1-7H2. The summed E-state index contributed by atoms with van der Waals surface area (Å²) in [5.74, 6) is 3.31. The summed E-state index contributed by atoms with van der Waals surface area (Å²) >= 11 is 5.92. The molecule has 2 fully saturated rings. The van der Waals surface area contributed by atoms with Crippen LogP contribution >= 0.6 is 11.6 Å². The number of halogens is 1. The third kappa shape index (κ3) is 1.90. The maximum atomic E-state index is 11.4. The highest BCUT2D eigenvalue weighted by atomic mass is 35.5. The van der Waals surface area contributed by atoms with Crippen LogP contribution in [-0.4, -0.2) is 11.7 Å². The van der Waals surface area contributed by atoms with Gasteiger partial charge in [0.15, 0.2) is 0 Å². The highest BCUT2D eigenvalue weighted by Gasteiger charge is 2.37. The zero-order valence-corrected chi connectivity index (χ0v) is 8.72. The van der Waals surface area contributed by atoms with Gasteiger partial charge in [-0.3, -0.25) is 4.79 Å². The van der Waals surface area contributed by atoms with Crippen LogP contribution in [0.4, 0.5) is 0 Å². The minimum Gasteiger partial charge on any atom is -0.300 e. The van der Waals surface area contributed by atoms with Crippen LogP contribution in [0.2, 0.25) is 0 Å². The molecule has 0 radical (unpaired) electrons. The van der Waals surface area contributed by atoms with Gasteiger partial charge in [0.1, 0.15) is 5.78 Å². The Hall–Kier alpha value is -0.0400. The monoisotopic (exact) mass is 200 g/mol. The summed E-state index contributed by atoms with van der Waals surface area (Å²) in [6.45, 7) is 0. The van der Waals surface area contributed by atoms with Crippen LogP contribution < -0.4 is 0 Å². The molecule has 0 aromatic heterocycles. The minimum atomic E-state index is 0.476. The number of alkyl halides is 1. The molecule has 13 heavy (non-hydrogen) atoms. The Labute approximate surface area is 84.8 Å². The Bertz CT molecular complexity index is 202. The van der Waals surface area contributed by atoms with Gasteiger partial charge in [0.2, 0.25) is 0 Å². The lowest BCUT2D eigenvalue weighted by molar-refractivity contribution is -0.119. The SMILES string of the molecule is O=C1CCCC2CCC(CCl)C2C1. The van der Waals surface area contributed by atoms with Gasteiger partial charge in [0, 0.05) is 18.7 Å². The van der Waals surface area contributed by atoms with E-state index in [4.69, 9.17) is 11.6 Å². The average molecular weight is 201 g/mol. The van der Waals surface area contributed by atoms with Crippen LogP contribution in [0.3, 0.4) is 0 Å². The molecule has 0 bridgehead atoms. The number of fused-ring (bicyclic) bond motifs is 1. The Morgan fingerprint density at radius 1 is 1.31 bits per heavy atom. The van der Waals surface area contributed by atoms with Crippen molar-refractivity contribution in [3.05, 3.63) is 0 Å². The zero-order valence-electron chi connectivity index (χ0n) is 7.97. The number of Topliss-reactive ketones (excluding diaryl/α,β-unsaturated/α-hetero) is 1. The Morgan fingerprint density at radius 2 is 2.15 bits per heavy atom. The number of carbonyl (C=O) groups is 1. The number of carbonyl (C=O) groups excluding carboxylic acids is 1. The topological polar surface area (TPSA) is 17.1 Å². The van der Waals surface area contributed by atoms with Gasteiger partial charge in [0.25, 0.3) is 0 Å². The lowest BCUT2D eigenvalue weighted by Gasteiger charge is -2.20. The first-order valence-electron chi connectivity index (χ1n) is 5.39. The van der Waals surface area contributed by atoms with E-state index in [-0.39, 0.29) is 0 Å². The highest BCUT2D eigenvalue weighted by Crippen LogP contribution is 2.44. The first kappa shape index (κ1) is 9.51. The van der Waals surface area contributed by atoms with Crippen molar-refractivity contribution in [3.8, 4) is 0 Å². The summed E-state index contributed by atoms with van der Waals surface area (Å²) in [6, 6.07) is 0. The van der Waals surface area contributed by atoms with Crippen molar-refractivity contribution in [2.24, 2.45) is 17.8 Å². The third-order valence-electron chi connectivity index (χ3n) is 3.81. The van der Waals surface area contributed by atoms with E-state index in [0.717, 1.165) is 31.1 Å². The van der Waals surface area contributed by atoms with E-state index in [1.807, 2.05) is 0 Å². The summed E-state index contributed by atoms with van der Waals surface area (Å²) in [5, 5.41) is 0. The van der Waals surface area contributed by atoms with E-state index < -0.39 is 0 Å². The molecule has 74 valence electrons. The summed E-state index contributed by atoms with van der Waals surface area (Å²) in [6.07, 6.45) is 6.60. The molecule has 1 nitrogen and oxygen atoms in total. The Kier molecular flexibility index (Phi) is 2.92. The summed E-state index contributed by atoms with van der Waals surface area (Å²) in [7, 11) is 0. The van der Waals surface area contributed by atoms with Crippen LogP contribution in [0, 0.1) is 17.8 Å². The molecule has 0 amide bonds. The molecule has 3 atom stereocenters. The van der Waals surface area contributed by atoms with Crippen molar-refractivity contribution in [1.82, 2.24) is 0 Å². The number of ketones is 1. The van der Waals surface area contributed by atoms with Crippen LogP contribution in [0.25, 0.3) is 0 Å². The molecule has 2 heteroatoms. The molecule has 2 aliphatic rings. The smallest absolute Gasteiger partial charge is 0.133 e.